The third-order valence-electron chi connectivity index (χ3n) is 4.90. The van der Waals surface area contributed by atoms with Gasteiger partial charge in [-0.05, 0) is 55.9 Å². The Balaban J connectivity index is 1.74. The molecule has 0 aromatic heterocycles. The molecule has 0 bridgehead atoms. The highest BCUT2D eigenvalue weighted by molar-refractivity contribution is 6.01. The first-order valence-electron chi connectivity index (χ1n) is 9.66. The van der Waals surface area contributed by atoms with E-state index < -0.39 is 0 Å². The van der Waals surface area contributed by atoms with Crippen LogP contribution in [0.3, 0.4) is 0 Å². The lowest BCUT2D eigenvalue weighted by atomic mass is 9.89. The number of amides is 2. The molecule has 4 heteroatoms. The molecule has 0 radical (unpaired) electrons. The molecule has 2 aromatic rings. The normalized spacial score (nSPS) is 15.4. The standard InChI is InChI=1S/C23H27NO3/c1-17(2)27-21-10-8-19(9-11-21)20(16-18-6-4-3-5-7-18)14-15-24-22(25)12-13-23(24)26/h3-11,17,20H,12-16H2,1-2H3/t20-/m0/s1. The topological polar surface area (TPSA) is 46.6 Å². The van der Waals surface area contributed by atoms with Gasteiger partial charge in [0.05, 0.1) is 6.10 Å². The quantitative estimate of drug-likeness (QED) is 0.654. The minimum Gasteiger partial charge on any atom is -0.491 e. The van der Waals surface area contributed by atoms with Crippen LogP contribution in [0.15, 0.2) is 54.6 Å². The third-order valence-corrected chi connectivity index (χ3v) is 4.90. The van der Waals surface area contributed by atoms with Crippen LogP contribution in [0.1, 0.15) is 50.2 Å². The number of imide groups is 1. The molecule has 1 aliphatic rings. The van der Waals surface area contributed by atoms with Crippen LogP contribution in [0.25, 0.3) is 0 Å². The van der Waals surface area contributed by atoms with Crippen molar-refractivity contribution in [2.24, 2.45) is 0 Å². The summed E-state index contributed by atoms with van der Waals surface area (Å²) in [4.78, 5) is 25.3. The maximum atomic E-state index is 11.9. The summed E-state index contributed by atoms with van der Waals surface area (Å²) in [6, 6.07) is 18.5. The van der Waals surface area contributed by atoms with Gasteiger partial charge in [0.1, 0.15) is 5.75 Å². The zero-order valence-electron chi connectivity index (χ0n) is 16.1. The predicted molar refractivity (Wildman–Crippen MR) is 106 cm³/mol. The molecule has 4 nitrogen and oxygen atoms in total. The van der Waals surface area contributed by atoms with E-state index in [-0.39, 0.29) is 23.8 Å². The van der Waals surface area contributed by atoms with Crippen LogP contribution in [0, 0.1) is 0 Å². The second kappa shape index (κ2) is 8.85. The van der Waals surface area contributed by atoms with Crippen LogP contribution < -0.4 is 4.74 Å². The van der Waals surface area contributed by atoms with Crippen LogP contribution >= 0.6 is 0 Å². The number of likely N-dealkylation sites (tertiary alicyclic amines) is 1. The van der Waals surface area contributed by atoms with Gasteiger partial charge in [-0.15, -0.1) is 0 Å². The Hall–Kier alpha value is -2.62. The van der Waals surface area contributed by atoms with Crippen molar-refractivity contribution in [3.8, 4) is 5.75 Å². The molecule has 2 aromatic carbocycles. The molecule has 1 aliphatic heterocycles. The molecule has 1 heterocycles. The summed E-state index contributed by atoms with van der Waals surface area (Å²) in [5, 5.41) is 0. The van der Waals surface area contributed by atoms with Gasteiger partial charge >= 0.3 is 0 Å². The van der Waals surface area contributed by atoms with Crippen molar-refractivity contribution >= 4 is 11.8 Å². The van der Waals surface area contributed by atoms with Crippen LogP contribution in [-0.2, 0) is 16.0 Å². The number of benzene rings is 2. The Kier molecular flexibility index (Phi) is 6.28. The average Bonchev–Trinajstić information content (AvgIpc) is 2.98. The van der Waals surface area contributed by atoms with E-state index in [0.29, 0.717) is 19.4 Å². The Morgan fingerprint density at radius 3 is 2.15 bits per heavy atom. The fraction of sp³-hybridized carbons (Fsp3) is 0.391. The summed E-state index contributed by atoms with van der Waals surface area (Å²) < 4.78 is 5.74. The molecule has 27 heavy (non-hydrogen) atoms. The summed E-state index contributed by atoms with van der Waals surface area (Å²) >= 11 is 0. The van der Waals surface area contributed by atoms with Gasteiger partial charge in [0, 0.05) is 19.4 Å². The van der Waals surface area contributed by atoms with Gasteiger partial charge in [-0.3, -0.25) is 14.5 Å². The van der Waals surface area contributed by atoms with Crippen LogP contribution in [0.2, 0.25) is 0 Å². The number of hydrogen-bond donors (Lipinski definition) is 0. The highest BCUT2D eigenvalue weighted by Gasteiger charge is 2.29. The SMILES string of the molecule is CC(C)Oc1ccc([C@@H](CCN2C(=O)CCC2=O)Cc2ccccc2)cc1. The fourth-order valence-electron chi connectivity index (χ4n) is 3.53. The van der Waals surface area contributed by atoms with Crippen molar-refractivity contribution in [2.45, 2.75) is 51.6 Å². The van der Waals surface area contributed by atoms with Crippen molar-refractivity contribution in [3.05, 3.63) is 65.7 Å². The Bertz CT molecular complexity index is 752. The summed E-state index contributed by atoms with van der Waals surface area (Å²) in [5.74, 6) is 1.01. The zero-order chi connectivity index (χ0) is 19.2. The summed E-state index contributed by atoms with van der Waals surface area (Å²) in [7, 11) is 0. The van der Waals surface area contributed by atoms with E-state index in [1.807, 2.05) is 44.2 Å². The van der Waals surface area contributed by atoms with Crippen molar-refractivity contribution in [3.63, 3.8) is 0 Å². The van der Waals surface area contributed by atoms with E-state index in [1.165, 1.54) is 16.0 Å². The number of carbonyl (C=O) groups is 2. The average molecular weight is 365 g/mol. The first-order chi connectivity index (χ1) is 13.0. The van der Waals surface area contributed by atoms with Crippen molar-refractivity contribution < 1.29 is 14.3 Å². The maximum absolute atomic E-state index is 11.9. The summed E-state index contributed by atoms with van der Waals surface area (Å²) in [6.45, 7) is 4.51. The molecule has 1 atom stereocenters. The fourth-order valence-corrected chi connectivity index (χ4v) is 3.53. The van der Waals surface area contributed by atoms with Crippen LogP contribution in [0.5, 0.6) is 5.75 Å². The van der Waals surface area contributed by atoms with Gasteiger partial charge < -0.3 is 4.74 Å². The lowest BCUT2D eigenvalue weighted by molar-refractivity contribution is -0.138. The van der Waals surface area contributed by atoms with Crippen molar-refractivity contribution in [1.82, 2.24) is 4.90 Å². The molecule has 3 rings (SSSR count). The van der Waals surface area contributed by atoms with Gasteiger partial charge in [-0.1, -0.05) is 42.5 Å². The van der Waals surface area contributed by atoms with Gasteiger partial charge in [0.15, 0.2) is 0 Å². The van der Waals surface area contributed by atoms with Gasteiger partial charge in [0.25, 0.3) is 0 Å². The number of ether oxygens (including phenoxy) is 1. The molecule has 142 valence electrons. The lowest BCUT2D eigenvalue weighted by Crippen LogP contribution is -2.31. The molecule has 0 saturated carbocycles. The van der Waals surface area contributed by atoms with Crippen LogP contribution in [0.4, 0.5) is 0 Å². The molecule has 0 aliphatic carbocycles. The highest BCUT2D eigenvalue weighted by Crippen LogP contribution is 2.28. The van der Waals surface area contributed by atoms with E-state index in [1.54, 1.807) is 0 Å². The Morgan fingerprint density at radius 1 is 0.926 bits per heavy atom. The maximum Gasteiger partial charge on any atom is 0.229 e. The Labute approximate surface area is 161 Å². The van der Waals surface area contributed by atoms with Crippen molar-refractivity contribution in [1.29, 1.82) is 0 Å². The monoisotopic (exact) mass is 365 g/mol. The van der Waals surface area contributed by atoms with E-state index in [4.69, 9.17) is 4.74 Å². The molecule has 0 unspecified atom stereocenters. The molecular weight excluding hydrogens is 338 g/mol. The van der Waals surface area contributed by atoms with E-state index in [0.717, 1.165) is 18.6 Å². The smallest absolute Gasteiger partial charge is 0.229 e. The second-order valence-electron chi connectivity index (χ2n) is 7.35. The van der Waals surface area contributed by atoms with Crippen LogP contribution in [-0.4, -0.2) is 29.4 Å². The minimum absolute atomic E-state index is 0.0425. The predicted octanol–water partition coefficient (Wildman–Crippen LogP) is 4.34. The largest absolute Gasteiger partial charge is 0.491 e. The first kappa shape index (κ1) is 19.2. The van der Waals surface area contributed by atoms with E-state index in [9.17, 15) is 9.59 Å². The first-order valence-corrected chi connectivity index (χ1v) is 9.66. The van der Waals surface area contributed by atoms with E-state index >= 15 is 0 Å². The molecule has 0 N–H and O–H groups in total. The number of rotatable bonds is 8. The van der Waals surface area contributed by atoms with Crippen molar-refractivity contribution in [2.75, 3.05) is 6.54 Å². The molecule has 1 fully saturated rings. The summed E-state index contributed by atoms with van der Waals surface area (Å²) in [6.07, 6.45) is 2.48. The third kappa shape index (κ3) is 5.19. The molecule has 1 saturated heterocycles. The van der Waals surface area contributed by atoms with Gasteiger partial charge in [-0.25, -0.2) is 0 Å². The Morgan fingerprint density at radius 2 is 1.56 bits per heavy atom. The zero-order valence-corrected chi connectivity index (χ0v) is 16.1. The number of carbonyl (C=O) groups excluding carboxylic acids is 2. The lowest BCUT2D eigenvalue weighted by Gasteiger charge is -2.21. The molecule has 2 amide bonds. The second-order valence-corrected chi connectivity index (χ2v) is 7.35. The molecular formula is C23H27NO3. The van der Waals surface area contributed by atoms with Gasteiger partial charge in [-0.2, -0.15) is 0 Å². The molecule has 0 spiro atoms. The number of nitrogens with zero attached hydrogens (tertiary/aromatic N) is 1. The summed E-state index contributed by atoms with van der Waals surface area (Å²) in [5.41, 5.74) is 2.46. The van der Waals surface area contributed by atoms with Gasteiger partial charge in [0.2, 0.25) is 11.8 Å². The minimum atomic E-state index is -0.0425. The van der Waals surface area contributed by atoms with E-state index in [2.05, 4.69) is 24.3 Å². The number of hydrogen-bond acceptors (Lipinski definition) is 3. The highest BCUT2D eigenvalue weighted by atomic mass is 16.5.